The summed E-state index contributed by atoms with van der Waals surface area (Å²) in [5, 5.41) is 9.09. The molecule has 0 saturated heterocycles. The highest BCUT2D eigenvalue weighted by Crippen LogP contribution is 2.04. The lowest BCUT2D eigenvalue weighted by atomic mass is 10.2. The van der Waals surface area contributed by atoms with Gasteiger partial charge >= 0.3 is 0 Å². The van der Waals surface area contributed by atoms with Crippen LogP contribution < -0.4 is 0 Å². The van der Waals surface area contributed by atoms with Crippen molar-refractivity contribution in [3.8, 4) is 0 Å². The molecule has 0 amide bonds. The first-order valence-electron chi connectivity index (χ1n) is 4.41. The van der Waals surface area contributed by atoms with Crippen LogP contribution >= 0.6 is 0 Å². The van der Waals surface area contributed by atoms with Gasteiger partial charge in [-0.25, -0.2) is 4.98 Å². The fraction of sp³-hybridized carbons (Fsp3) is 0.667. The molecule has 0 aromatic carbocycles. The number of aromatic nitrogens is 2. The summed E-state index contributed by atoms with van der Waals surface area (Å²) in [7, 11) is 0. The molecule has 0 unspecified atom stereocenters. The largest absolute Gasteiger partial charge is 0.393 e. The Bertz CT molecular complexity index is 230. The van der Waals surface area contributed by atoms with Gasteiger partial charge in [0.25, 0.3) is 0 Å². The van der Waals surface area contributed by atoms with Crippen molar-refractivity contribution < 1.29 is 5.11 Å². The van der Waals surface area contributed by atoms with E-state index >= 15 is 0 Å². The van der Waals surface area contributed by atoms with Crippen molar-refractivity contribution in [3.63, 3.8) is 0 Å². The second-order valence-corrected chi connectivity index (χ2v) is 3.06. The van der Waals surface area contributed by atoms with E-state index in [-0.39, 0.29) is 6.10 Å². The second-order valence-electron chi connectivity index (χ2n) is 3.06. The summed E-state index contributed by atoms with van der Waals surface area (Å²) in [5.41, 5.74) is 1.21. The van der Waals surface area contributed by atoms with Gasteiger partial charge in [-0.15, -0.1) is 0 Å². The highest BCUT2D eigenvalue weighted by atomic mass is 16.3. The normalized spacial score (nSPS) is 13.2. The van der Waals surface area contributed by atoms with Crippen LogP contribution in [0.1, 0.15) is 26.0 Å². The Labute approximate surface area is 73.1 Å². The average molecular weight is 168 g/mol. The standard InChI is InChI=1S/C9H16N2O/c1-3-11-7-10-6-9(11)5-4-8(2)12/h6-8,12H,3-5H2,1-2H3/t8-/m1/s1. The average Bonchev–Trinajstić information content (AvgIpc) is 2.47. The summed E-state index contributed by atoms with van der Waals surface area (Å²) in [6.07, 6.45) is 5.20. The Hall–Kier alpha value is -0.830. The Morgan fingerprint density at radius 2 is 2.42 bits per heavy atom. The lowest BCUT2D eigenvalue weighted by molar-refractivity contribution is 0.184. The quantitative estimate of drug-likeness (QED) is 0.734. The molecule has 1 atom stereocenters. The Balaban J connectivity index is 2.50. The Morgan fingerprint density at radius 1 is 1.67 bits per heavy atom. The van der Waals surface area contributed by atoms with Crippen LogP contribution in [0.5, 0.6) is 0 Å². The molecule has 3 heteroatoms. The Kier molecular flexibility index (Phi) is 3.29. The maximum absolute atomic E-state index is 9.09. The summed E-state index contributed by atoms with van der Waals surface area (Å²) < 4.78 is 2.10. The first-order chi connectivity index (χ1) is 5.74. The summed E-state index contributed by atoms with van der Waals surface area (Å²) in [6, 6.07) is 0. The highest BCUT2D eigenvalue weighted by molar-refractivity contribution is 4.98. The highest BCUT2D eigenvalue weighted by Gasteiger charge is 2.01. The van der Waals surface area contributed by atoms with Crippen molar-refractivity contribution >= 4 is 0 Å². The van der Waals surface area contributed by atoms with Crippen molar-refractivity contribution in [2.24, 2.45) is 0 Å². The maximum atomic E-state index is 9.09. The van der Waals surface area contributed by atoms with Crippen molar-refractivity contribution in [2.75, 3.05) is 0 Å². The zero-order valence-corrected chi connectivity index (χ0v) is 7.70. The molecule has 1 aromatic rings. The van der Waals surface area contributed by atoms with E-state index in [1.54, 1.807) is 0 Å². The van der Waals surface area contributed by atoms with Crippen LogP contribution in [-0.2, 0) is 13.0 Å². The van der Waals surface area contributed by atoms with Crippen LogP contribution in [0.25, 0.3) is 0 Å². The molecule has 1 heterocycles. The van der Waals surface area contributed by atoms with Crippen molar-refractivity contribution in [3.05, 3.63) is 18.2 Å². The predicted molar refractivity (Wildman–Crippen MR) is 47.9 cm³/mol. The fourth-order valence-electron chi connectivity index (χ4n) is 1.20. The molecule has 0 aliphatic carbocycles. The molecule has 1 aromatic heterocycles. The van der Waals surface area contributed by atoms with Crippen molar-refractivity contribution in [1.82, 2.24) is 9.55 Å². The molecule has 0 saturated carbocycles. The van der Waals surface area contributed by atoms with Crippen LogP contribution in [-0.4, -0.2) is 20.8 Å². The molecule has 1 rings (SSSR count). The molecule has 12 heavy (non-hydrogen) atoms. The van der Waals surface area contributed by atoms with Crippen LogP contribution in [0.15, 0.2) is 12.5 Å². The van der Waals surface area contributed by atoms with Gasteiger partial charge in [0.15, 0.2) is 0 Å². The van der Waals surface area contributed by atoms with E-state index in [1.165, 1.54) is 5.69 Å². The summed E-state index contributed by atoms with van der Waals surface area (Å²) in [4.78, 5) is 4.05. The van der Waals surface area contributed by atoms with Gasteiger partial charge in [-0.2, -0.15) is 0 Å². The van der Waals surface area contributed by atoms with Gasteiger partial charge in [0, 0.05) is 18.4 Å². The zero-order valence-electron chi connectivity index (χ0n) is 7.70. The van der Waals surface area contributed by atoms with E-state index in [9.17, 15) is 0 Å². The lowest BCUT2D eigenvalue weighted by Gasteiger charge is -2.05. The minimum absolute atomic E-state index is 0.217. The van der Waals surface area contributed by atoms with Gasteiger partial charge in [0.2, 0.25) is 0 Å². The number of imidazole rings is 1. The van der Waals surface area contributed by atoms with Crippen LogP contribution in [0.3, 0.4) is 0 Å². The zero-order chi connectivity index (χ0) is 8.97. The topological polar surface area (TPSA) is 38.0 Å². The van der Waals surface area contributed by atoms with Crippen LogP contribution in [0.2, 0.25) is 0 Å². The number of aliphatic hydroxyl groups is 1. The third-order valence-corrected chi connectivity index (χ3v) is 1.96. The van der Waals surface area contributed by atoms with E-state index in [0.29, 0.717) is 0 Å². The SMILES string of the molecule is CCn1cncc1CC[C@@H](C)O. The van der Waals surface area contributed by atoms with Crippen molar-refractivity contribution in [1.29, 1.82) is 0 Å². The third-order valence-electron chi connectivity index (χ3n) is 1.96. The molecule has 68 valence electrons. The molecule has 0 radical (unpaired) electrons. The Morgan fingerprint density at radius 3 is 3.00 bits per heavy atom. The molecule has 3 nitrogen and oxygen atoms in total. The van der Waals surface area contributed by atoms with Crippen LogP contribution in [0, 0.1) is 0 Å². The number of aliphatic hydroxyl groups excluding tert-OH is 1. The van der Waals surface area contributed by atoms with Crippen molar-refractivity contribution in [2.45, 2.75) is 39.3 Å². The van der Waals surface area contributed by atoms with Gasteiger partial charge in [0.05, 0.1) is 12.4 Å². The van der Waals surface area contributed by atoms with Crippen LogP contribution in [0.4, 0.5) is 0 Å². The predicted octanol–water partition coefficient (Wildman–Crippen LogP) is 1.22. The van der Waals surface area contributed by atoms with Gasteiger partial charge < -0.3 is 9.67 Å². The molecule has 0 aliphatic rings. The number of hydrogen-bond donors (Lipinski definition) is 1. The number of nitrogens with zero attached hydrogens (tertiary/aromatic N) is 2. The van der Waals surface area contributed by atoms with Gasteiger partial charge in [0.1, 0.15) is 0 Å². The van der Waals surface area contributed by atoms with Gasteiger partial charge in [-0.1, -0.05) is 0 Å². The summed E-state index contributed by atoms with van der Waals surface area (Å²) >= 11 is 0. The van der Waals surface area contributed by atoms with E-state index < -0.39 is 0 Å². The van der Waals surface area contributed by atoms with E-state index in [0.717, 1.165) is 19.4 Å². The number of rotatable bonds is 4. The first-order valence-corrected chi connectivity index (χ1v) is 4.41. The first kappa shape index (κ1) is 9.26. The summed E-state index contributed by atoms with van der Waals surface area (Å²) in [6.45, 7) is 4.86. The molecule has 0 fully saturated rings. The van der Waals surface area contributed by atoms with E-state index in [4.69, 9.17) is 5.11 Å². The smallest absolute Gasteiger partial charge is 0.0948 e. The summed E-state index contributed by atoms with van der Waals surface area (Å²) in [5.74, 6) is 0. The van der Waals surface area contributed by atoms with E-state index in [2.05, 4.69) is 16.5 Å². The van der Waals surface area contributed by atoms with Gasteiger partial charge in [-0.3, -0.25) is 0 Å². The minimum atomic E-state index is -0.217. The number of hydrogen-bond acceptors (Lipinski definition) is 2. The number of aryl methyl sites for hydroxylation is 2. The lowest BCUT2D eigenvalue weighted by Crippen LogP contribution is -2.05. The molecular weight excluding hydrogens is 152 g/mol. The molecule has 0 aliphatic heterocycles. The van der Waals surface area contributed by atoms with Gasteiger partial charge in [-0.05, 0) is 26.7 Å². The fourth-order valence-corrected chi connectivity index (χ4v) is 1.20. The monoisotopic (exact) mass is 168 g/mol. The third kappa shape index (κ3) is 2.34. The van der Waals surface area contributed by atoms with E-state index in [1.807, 2.05) is 19.4 Å². The second kappa shape index (κ2) is 4.26. The molecule has 1 N–H and O–H groups in total. The minimum Gasteiger partial charge on any atom is -0.393 e. The maximum Gasteiger partial charge on any atom is 0.0948 e. The molecular formula is C9H16N2O. The molecule has 0 bridgehead atoms. The molecule has 0 spiro atoms.